The molecule has 1 aliphatic rings. The number of nitrogens with zero attached hydrogens (tertiary/aromatic N) is 3. The number of rotatable bonds is 3. The Bertz CT molecular complexity index is 514. The molecule has 3 rings (SSSR count). The van der Waals surface area contributed by atoms with Crippen LogP contribution in [0.3, 0.4) is 0 Å². The summed E-state index contributed by atoms with van der Waals surface area (Å²) in [6.45, 7) is 3.32. The molecule has 4 nitrogen and oxygen atoms in total. The summed E-state index contributed by atoms with van der Waals surface area (Å²) in [7, 11) is 0. The van der Waals surface area contributed by atoms with Crippen LogP contribution in [0.25, 0.3) is 0 Å². The van der Waals surface area contributed by atoms with Crippen LogP contribution in [-0.4, -0.2) is 21.1 Å². The first-order valence-corrected chi connectivity index (χ1v) is 7.01. The third-order valence-electron chi connectivity index (χ3n) is 3.97. The molecule has 1 saturated heterocycles. The van der Waals surface area contributed by atoms with Crippen molar-refractivity contribution in [2.45, 2.75) is 38.3 Å². The standard InChI is InChI=1S/C15H20N4/c1-12(13-5-8-16-9-6-13)19-11-17-10-15(19)14-4-2-3-7-18-14/h5-6,8-12,14,18H,2-4,7H2,1H3. The van der Waals surface area contributed by atoms with Crippen LogP contribution in [0, 0.1) is 0 Å². The molecule has 2 unspecified atom stereocenters. The fourth-order valence-electron chi connectivity index (χ4n) is 2.82. The molecule has 0 bridgehead atoms. The average molecular weight is 256 g/mol. The third-order valence-corrected chi connectivity index (χ3v) is 3.97. The van der Waals surface area contributed by atoms with E-state index in [2.05, 4.69) is 38.9 Å². The fourth-order valence-corrected chi connectivity index (χ4v) is 2.82. The zero-order chi connectivity index (χ0) is 13.1. The van der Waals surface area contributed by atoms with Crippen molar-refractivity contribution in [3.05, 3.63) is 48.3 Å². The number of hydrogen-bond acceptors (Lipinski definition) is 3. The summed E-state index contributed by atoms with van der Waals surface area (Å²) in [6, 6.07) is 4.88. The molecule has 1 N–H and O–H groups in total. The molecule has 0 amide bonds. The first-order valence-electron chi connectivity index (χ1n) is 7.01. The summed E-state index contributed by atoms with van der Waals surface area (Å²) < 4.78 is 2.28. The van der Waals surface area contributed by atoms with Crippen molar-refractivity contribution in [2.75, 3.05) is 6.54 Å². The highest BCUT2D eigenvalue weighted by Gasteiger charge is 2.20. The van der Waals surface area contributed by atoms with E-state index in [1.165, 1.54) is 30.5 Å². The summed E-state index contributed by atoms with van der Waals surface area (Å²) in [5.74, 6) is 0. The molecular formula is C15H20N4. The zero-order valence-electron chi connectivity index (χ0n) is 11.3. The van der Waals surface area contributed by atoms with Gasteiger partial charge in [0.05, 0.1) is 18.1 Å². The lowest BCUT2D eigenvalue weighted by molar-refractivity contribution is 0.389. The molecule has 4 heteroatoms. The molecule has 2 aromatic heterocycles. The van der Waals surface area contributed by atoms with Crippen molar-refractivity contribution in [2.24, 2.45) is 0 Å². The summed E-state index contributed by atoms with van der Waals surface area (Å²) in [5.41, 5.74) is 2.56. The molecule has 0 aromatic carbocycles. The Morgan fingerprint density at radius 2 is 2.11 bits per heavy atom. The van der Waals surface area contributed by atoms with Gasteiger partial charge in [0, 0.05) is 24.6 Å². The number of piperidine rings is 1. The van der Waals surface area contributed by atoms with Gasteiger partial charge >= 0.3 is 0 Å². The molecule has 0 aliphatic carbocycles. The van der Waals surface area contributed by atoms with E-state index in [1.54, 1.807) is 0 Å². The van der Waals surface area contributed by atoms with E-state index < -0.39 is 0 Å². The van der Waals surface area contributed by atoms with Crippen LogP contribution >= 0.6 is 0 Å². The van der Waals surface area contributed by atoms with Crippen molar-refractivity contribution < 1.29 is 0 Å². The van der Waals surface area contributed by atoms with Crippen LogP contribution in [0.2, 0.25) is 0 Å². The lowest BCUT2D eigenvalue weighted by Crippen LogP contribution is -2.29. The highest BCUT2D eigenvalue weighted by atomic mass is 15.1. The second kappa shape index (κ2) is 5.53. The monoisotopic (exact) mass is 256 g/mol. The largest absolute Gasteiger partial charge is 0.326 e. The van der Waals surface area contributed by atoms with Crippen molar-refractivity contribution >= 4 is 0 Å². The highest BCUT2D eigenvalue weighted by Crippen LogP contribution is 2.27. The third kappa shape index (κ3) is 2.54. The number of imidazole rings is 1. The molecule has 3 heterocycles. The molecule has 19 heavy (non-hydrogen) atoms. The first kappa shape index (κ1) is 12.4. The van der Waals surface area contributed by atoms with E-state index in [0.29, 0.717) is 12.1 Å². The number of aromatic nitrogens is 3. The second-order valence-corrected chi connectivity index (χ2v) is 5.18. The van der Waals surface area contributed by atoms with Crippen molar-refractivity contribution in [3.63, 3.8) is 0 Å². The van der Waals surface area contributed by atoms with Gasteiger partial charge in [-0.1, -0.05) is 6.42 Å². The normalized spacial score (nSPS) is 21.2. The van der Waals surface area contributed by atoms with Crippen molar-refractivity contribution in [1.29, 1.82) is 0 Å². The summed E-state index contributed by atoms with van der Waals surface area (Å²) in [6.07, 6.45) is 11.4. The average Bonchev–Trinajstić information content (AvgIpc) is 2.98. The molecule has 0 radical (unpaired) electrons. The SMILES string of the molecule is CC(c1ccncc1)n1cncc1C1CCCCN1. The molecule has 0 saturated carbocycles. The predicted molar refractivity (Wildman–Crippen MR) is 74.9 cm³/mol. The van der Waals surface area contributed by atoms with Gasteiger partial charge in [-0.05, 0) is 44.0 Å². The topological polar surface area (TPSA) is 42.7 Å². The predicted octanol–water partition coefficient (Wildman–Crippen LogP) is 2.70. The van der Waals surface area contributed by atoms with E-state index in [0.717, 1.165) is 6.54 Å². The summed E-state index contributed by atoms with van der Waals surface area (Å²) in [4.78, 5) is 8.44. The Morgan fingerprint density at radius 3 is 2.84 bits per heavy atom. The molecule has 100 valence electrons. The molecule has 2 atom stereocenters. The second-order valence-electron chi connectivity index (χ2n) is 5.18. The van der Waals surface area contributed by atoms with Crippen LogP contribution in [-0.2, 0) is 0 Å². The number of hydrogen-bond donors (Lipinski definition) is 1. The van der Waals surface area contributed by atoms with Crippen LogP contribution in [0.5, 0.6) is 0 Å². The Hall–Kier alpha value is -1.68. The maximum Gasteiger partial charge on any atom is 0.0954 e. The van der Waals surface area contributed by atoms with Crippen LogP contribution in [0.1, 0.15) is 49.5 Å². The van der Waals surface area contributed by atoms with Gasteiger partial charge in [0.2, 0.25) is 0 Å². The van der Waals surface area contributed by atoms with Gasteiger partial charge in [0.25, 0.3) is 0 Å². The quantitative estimate of drug-likeness (QED) is 0.918. The summed E-state index contributed by atoms with van der Waals surface area (Å²) in [5, 5.41) is 3.60. The fraction of sp³-hybridized carbons (Fsp3) is 0.467. The Labute approximate surface area is 113 Å². The molecular weight excluding hydrogens is 236 g/mol. The maximum atomic E-state index is 4.35. The van der Waals surface area contributed by atoms with Crippen LogP contribution in [0.15, 0.2) is 37.1 Å². The number of pyridine rings is 1. The van der Waals surface area contributed by atoms with E-state index >= 15 is 0 Å². The van der Waals surface area contributed by atoms with E-state index in [9.17, 15) is 0 Å². The van der Waals surface area contributed by atoms with Gasteiger partial charge < -0.3 is 9.88 Å². The van der Waals surface area contributed by atoms with Crippen molar-refractivity contribution in [1.82, 2.24) is 19.9 Å². The lowest BCUT2D eigenvalue weighted by atomic mass is 10.0. The van der Waals surface area contributed by atoms with E-state index in [1.807, 2.05) is 24.9 Å². The maximum absolute atomic E-state index is 4.35. The minimum Gasteiger partial charge on any atom is -0.326 e. The lowest BCUT2D eigenvalue weighted by Gasteiger charge is -2.26. The van der Waals surface area contributed by atoms with Crippen LogP contribution < -0.4 is 5.32 Å². The Morgan fingerprint density at radius 1 is 1.26 bits per heavy atom. The van der Waals surface area contributed by atoms with E-state index in [-0.39, 0.29) is 0 Å². The molecule has 1 aliphatic heterocycles. The van der Waals surface area contributed by atoms with Gasteiger partial charge in [0.15, 0.2) is 0 Å². The van der Waals surface area contributed by atoms with Crippen molar-refractivity contribution in [3.8, 4) is 0 Å². The van der Waals surface area contributed by atoms with Crippen LogP contribution in [0.4, 0.5) is 0 Å². The minimum absolute atomic E-state index is 0.296. The molecule has 2 aromatic rings. The Kier molecular flexibility index (Phi) is 3.60. The zero-order valence-corrected chi connectivity index (χ0v) is 11.3. The van der Waals surface area contributed by atoms with Gasteiger partial charge in [0.1, 0.15) is 0 Å². The molecule has 0 spiro atoms. The first-order chi connectivity index (χ1) is 9.36. The van der Waals surface area contributed by atoms with Gasteiger partial charge in [-0.2, -0.15) is 0 Å². The molecule has 1 fully saturated rings. The van der Waals surface area contributed by atoms with Gasteiger partial charge in [-0.25, -0.2) is 4.98 Å². The van der Waals surface area contributed by atoms with Gasteiger partial charge in [-0.3, -0.25) is 4.98 Å². The smallest absolute Gasteiger partial charge is 0.0954 e. The minimum atomic E-state index is 0.296. The summed E-state index contributed by atoms with van der Waals surface area (Å²) >= 11 is 0. The van der Waals surface area contributed by atoms with E-state index in [4.69, 9.17) is 0 Å². The van der Waals surface area contributed by atoms with Gasteiger partial charge in [-0.15, -0.1) is 0 Å². The Balaban J connectivity index is 1.87. The number of nitrogens with one attached hydrogen (secondary N) is 1. The highest BCUT2D eigenvalue weighted by molar-refractivity contribution is 5.18.